The van der Waals surface area contributed by atoms with E-state index in [-0.39, 0.29) is 18.9 Å². The molecule has 3 aliphatic heterocycles. The number of alkyl halides is 3. The van der Waals surface area contributed by atoms with Crippen molar-refractivity contribution in [1.82, 2.24) is 15.6 Å². The van der Waals surface area contributed by atoms with Crippen LogP contribution in [0.15, 0.2) is 30.3 Å². The number of ether oxygens (including phenoxy) is 1. The van der Waals surface area contributed by atoms with Gasteiger partial charge in [-0.1, -0.05) is 6.07 Å². The van der Waals surface area contributed by atoms with Crippen molar-refractivity contribution >= 4 is 23.5 Å². The van der Waals surface area contributed by atoms with E-state index in [9.17, 15) is 27.9 Å². The lowest BCUT2D eigenvalue weighted by molar-refractivity contribution is -0.164. The molecule has 4 heterocycles. The van der Waals surface area contributed by atoms with Crippen molar-refractivity contribution in [2.24, 2.45) is 5.92 Å². The lowest BCUT2D eigenvalue weighted by Gasteiger charge is -2.40. The van der Waals surface area contributed by atoms with E-state index >= 15 is 0 Å². The molecule has 3 fully saturated rings. The zero-order valence-electron chi connectivity index (χ0n) is 24.6. The number of benzene rings is 1. The number of halogens is 3. The number of hydrogen-bond donors (Lipinski definition) is 4. The number of hydrogen-bond acceptors (Lipinski definition) is 6. The van der Waals surface area contributed by atoms with Gasteiger partial charge in [-0.25, -0.2) is 9.78 Å². The molecular formula is C31H40F3N5O4. The van der Waals surface area contributed by atoms with Gasteiger partial charge in [0, 0.05) is 55.1 Å². The van der Waals surface area contributed by atoms with Gasteiger partial charge in [0.1, 0.15) is 11.9 Å². The Kier molecular flexibility index (Phi) is 9.17. The molecule has 9 nitrogen and oxygen atoms in total. The van der Waals surface area contributed by atoms with Crippen molar-refractivity contribution in [3.05, 3.63) is 41.6 Å². The van der Waals surface area contributed by atoms with Crippen molar-refractivity contribution in [1.29, 1.82) is 0 Å². The summed E-state index contributed by atoms with van der Waals surface area (Å²) in [4.78, 5) is 31.6. The molecule has 0 saturated carbocycles. The van der Waals surface area contributed by atoms with E-state index in [4.69, 9.17) is 9.72 Å². The summed E-state index contributed by atoms with van der Waals surface area (Å²) < 4.78 is 45.4. The highest BCUT2D eigenvalue weighted by molar-refractivity contribution is 5.93. The molecule has 1 aromatic carbocycles. The molecular weight excluding hydrogens is 563 g/mol. The van der Waals surface area contributed by atoms with Gasteiger partial charge < -0.3 is 30.7 Å². The zero-order chi connectivity index (χ0) is 30.8. The predicted molar refractivity (Wildman–Crippen MR) is 157 cm³/mol. The minimum absolute atomic E-state index is 0.137. The fourth-order valence-electron chi connectivity index (χ4n) is 6.33. The number of aryl methyl sites for hydroxylation is 1. The van der Waals surface area contributed by atoms with Crippen LogP contribution >= 0.6 is 0 Å². The largest absolute Gasteiger partial charge is 0.465 e. The lowest BCUT2D eigenvalue weighted by atomic mass is 9.89. The molecule has 43 heavy (non-hydrogen) atoms. The van der Waals surface area contributed by atoms with E-state index < -0.39 is 35.7 Å². The molecule has 0 spiro atoms. The number of nitrogens with zero attached hydrogens (tertiary/aromatic N) is 2. The molecule has 12 heteroatoms. The maximum Gasteiger partial charge on any atom is 0.405 e. The van der Waals surface area contributed by atoms with Crippen LogP contribution in [-0.4, -0.2) is 72.7 Å². The summed E-state index contributed by atoms with van der Waals surface area (Å²) in [5, 5.41) is 17.3. The Morgan fingerprint density at radius 1 is 1.12 bits per heavy atom. The fraction of sp³-hybridized carbons (Fsp3) is 0.581. The first kappa shape index (κ1) is 31.1. The fourth-order valence-corrected chi connectivity index (χ4v) is 6.33. The molecule has 5 rings (SSSR count). The van der Waals surface area contributed by atoms with Crippen LogP contribution in [0.2, 0.25) is 0 Å². The molecule has 0 radical (unpaired) electrons. The topological polar surface area (TPSA) is 116 Å². The van der Waals surface area contributed by atoms with Gasteiger partial charge in [-0.2, -0.15) is 13.2 Å². The predicted octanol–water partition coefficient (Wildman–Crippen LogP) is 5.45. The number of amides is 2. The Balaban J connectivity index is 1.40. The molecule has 4 N–H and O–H groups in total. The summed E-state index contributed by atoms with van der Waals surface area (Å²) in [5.41, 5.74) is 3.84. The third-order valence-corrected chi connectivity index (χ3v) is 9.06. The van der Waals surface area contributed by atoms with Gasteiger partial charge >= 0.3 is 12.3 Å². The average molecular weight is 604 g/mol. The van der Waals surface area contributed by atoms with Gasteiger partial charge in [0.05, 0.1) is 0 Å². The molecule has 234 valence electrons. The number of carbonyl (C=O) groups is 2. The number of aromatic nitrogens is 1. The van der Waals surface area contributed by atoms with Crippen molar-refractivity contribution in [3.8, 4) is 11.1 Å². The number of carbonyl (C=O) groups excluding carboxylic acids is 1. The third-order valence-electron chi connectivity index (χ3n) is 9.06. The Bertz CT molecular complexity index is 1320. The molecule has 2 aromatic rings. The third kappa shape index (κ3) is 7.59. The van der Waals surface area contributed by atoms with Gasteiger partial charge in [0.25, 0.3) is 0 Å². The van der Waals surface area contributed by atoms with Gasteiger partial charge in [-0.15, -0.1) is 0 Å². The van der Waals surface area contributed by atoms with Crippen LogP contribution in [0.1, 0.15) is 62.6 Å². The van der Waals surface area contributed by atoms with Crippen molar-refractivity contribution < 1.29 is 32.6 Å². The number of carboxylic acid groups (broad SMARTS) is 1. The Morgan fingerprint density at radius 3 is 2.51 bits per heavy atom. The molecule has 0 bridgehead atoms. The first-order valence-electron chi connectivity index (χ1n) is 15.0. The monoisotopic (exact) mass is 603 g/mol. The lowest BCUT2D eigenvalue weighted by Crippen LogP contribution is -2.53. The van der Waals surface area contributed by atoms with E-state index in [1.165, 1.54) is 0 Å². The normalized spacial score (nSPS) is 23.0. The molecule has 3 aliphatic rings. The average Bonchev–Trinajstić information content (AvgIpc) is 2.98. The minimum Gasteiger partial charge on any atom is -0.465 e. The Hall–Kier alpha value is -3.38. The maximum atomic E-state index is 13.3. The minimum atomic E-state index is -4.39. The summed E-state index contributed by atoms with van der Waals surface area (Å²) in [7, 11) is 0. The van der Waals surface area contributed by atoms with Crippen LogP contribution < -0.4 is 20.9 Å². The summed E-state index contributed by atoms with van der Waals surface area (Å²) in [5.74, 6) is -0.0835. The quantitative estimate of drug-likeness (QED) is 0.347. The van der Waals surface area contributed by atoms with Gasteiger partial charge in [0.2, 0.25) is 5.91 Å². The van der Waals surface area contributed by atoms with E-state index in [1.807, 2.05) is 32.0 Å². The van der Waals surface area contributed by atoms with Crippen molar-refractivity contribution in [3.63, 3.8) is 0 Å². The first-order chi connectivity index (χ1) is 20.4. The smallest absolute Gasteiger partial charge is 0.405 e. The number of anilines is 2. The molecule has 2 unspecified atom stereocenters. The van der Waals surface area contributed by atoms with Crippen LogP contribution in [0, 0.1) is 12.8 Å². The zero-order valence-corrected chi connectivity index (χ0v) is 24.6. The van der Waals surface area contributed by atoms with E-state index in [0.29, 0.717) is 51.3 Å². The molecule has 2 atom stereocenters. The summed E-state index contributed by atoms with van der Waals surface area (Å²) in [6.45, 7) is 6.67. The van der Waals surface area contributed by atoms with Crippen molar-refractivity contribution in [2.45, 2.75) is 76.0 Å². The molecule has 0 aliphatic carbocycles. The summed E-state index contributed by atoms with van der Waals surface area (Å²) >= 11 is 0. The van der Waals surface area contributed by atoms with Crippen LogP contribution in [0.4, 0.5) is 29.5 Å². The van der Waals surface area contributed by atoms with Crippen LogP contribution in [0.5, 0.6) is 0 Å². The van der Waals surface area contributed by atoms with Crippen LogP contribution in [0.25, 0.3) is 11.1 Å². The number of piperidine rings is 2. The van der Waals surface area contributed by atoms with Crippen molar-refractivity contribution in [2.75, 3.05) is 43.1 Å². The standard InChI is InChI=1S/C31H40F3N5O4/c1-19-3-4-23(36-28(40)21-5-10-35-26(16-21)31(32,33)34)18-24(19)22-15-25(20-6-13-43-14-7-20)37-27(17-22)39-11-8-30(2,9-12-39)38-29(41)42/h3-4,15,17-18,20-21,26,35,38H,5-14,16H2,1-2H3,(H,36,40)(H,41,42). The highest BCUT2D eigenvalue weighted by Gasteiger charge is 2.43. The maximum absolute atomic E-state index is 13.3. The van der Waals surface area contributed by atoms with Gasteiger partial charge in [-0.3, -0.25) is 4.79 Å². The summed E-state index contributed by atoms with van der Waals surface area (Å²) in [6.07, 6.45) is -2.35. The first-order valence-corrected chi connectivity index (χ1v) is 15.0. The second-order valence-corrected chi connectivity index (χ2v) is 12.3. The SMILES string of the molecule is Cc1ccc(NC(=O)C2CCNC(C(F)(F)F)C2)cc1-c1cc(C2CCOCC2)nc(N2CCC(C)(NC(=O)O)CC2)c1. The molecule has 2 amide bonds. The van der Waals surface area contributed by atoms with E-state index in [0.717, 1.165) is 41.0 Å². The highest BCUT2D eigenvalue weighted by Crippen LogP contribution is 2.36. The second kappa shape index (κ2) is 12.7. The highest BCUT2D eigenvalue weighted by atomic mass is 19.4. The Morgan fingerprint density at radius 2 is 1.84 bits per heavy atom. The van der Waals surface area contributed by atoms with Crippen LogP contribution in [-0.2, 0) is 9.53 Å². The Labute approximate surface area is 249 Å². The second-order valence-electron chi connectivity index (χ2n) is 12.3. The van der Waals surface area contributed by atoms with Gasteiger partial charge in [-0.05, 0) is 99.9 Å². The molecule has 1 aromatic heterocycles. The van der Waals surface area contributed by atoms with Gasteiger partial charge in [0.15, 0.2) is 0 Å². The van der Waals surface area contributed by atoms with E-state index in [1.54, 1.807) is 6.07 Å². The number of pyridine rings is 1. The molecule has 3 saturated heterocycles. The number of rotatable bonds is 6. The number of nitrogens with one attached hydrogen (secondary N) is 3. The summed E-state index contributed by atoms with van der Waals surface area (Å²) in [6, 6.07) is 8.01. The van der Waals surface area contributed by atoms with E-state index in [2.05, 4.69) is 26.9 Å². The van der Waals surface area contributed by atoms with Crippen LogP contribution in [0.3, 0.4) is 0 Å².